The van der Waals surface area contributed by atoms with Crippen molar-refractivity contribution in [1.82, 2.24) is 14.9 Å². The van der Waals surface area contributed by atoms with E-state index in [-0.39, 0.29) is 11.6 Å². The zero-order valence-corrected chi connectivity index (χ0v) is 22.1. The van der Waals surface area contributed by atoms with Gasteiger partial charge in [-0.2, -0.15) is 0 Å². The maximum atomic E-state index is 14.3. The Morgan fingerprint density at radius 2 is 1.95 bits per heavy atom. The number of nitrogens with zero attached hydrogens (tertiary/aromatic N) is 5. The number of thioether (sulfide) groups is 1. The van der Waals surface area contributed by atoms with Gasteiger partial charge in [-0.1, -0.05) is 48.2 Å². The molecule has 0 amide bonds. The van der Waals surface area contributed by atoms with E-state index in [0.717, 1.165) is 32.9 Å². The summed E-state index contributed by atoms with van der Waals surface area (Å²) >= 11 is 1.43. The Labute approximate surface area is 224 Å². The second-order valence-electron chi connectivity index (χ2n) is 8.53. The Hall–Kier alpha value is -4.50. The summed E-state index contributed by atoms with van der Waals surface area (Å²) in [6.45, 7) is 5.72. The van der Waals surface area contributed by atoms with E-state index in [0.29, 0.717) is 22.7 Å². The third-order valence-electron chi connectivity index (χ3n) is 6.28. The SMILES string of the molecule is C=N/C(N[C@@H](C)c1cc2cccc(-c3cncc(OC)c3)c2c(=O)n1-c1ccccc1)=C1/N=CS/C1=N/C. The summed E-state index contributed by atoms with van der Waals surface area (Å²) in [4.78, 5) is 31.5. The van der Waals surface area contributed by atoms with Crippen molar-refractivity contribution in [1.29, 1.82) is 0 Å². The van der Waals surface area contributed by atoms with Crippen molar-refractivity contribution in [3.8, 4) is 22.6 Å². The minimum Gasteiger partial charge on any atom is -0.495 e. The standard InChI is InChI=1S/C29H26N6O2S/c1-18(34-27(30-2)26-28(31-3)38-17-33-26)24-14-19-9-8-12-23(20-13-22(37-4)16-32-15-20)25(19)29(36)35(24)21-10-6-5-7-11-21/h5-18,34H,2H2,1,3-4H3/b27-26-,31-28+/t18-/m0/s1. The van der Waals surface area contributed by atoms with Crippen molar-refractivity contribution in [3.05, 3.63) is 101 Å². The first-order valence-electron chi connectivity index (χ1n) is 11.9. The number of pyridine rings is 2. The highest BCUT2D eigenvalue weighted by Gasteiger charge is 2.22. The van der Waals surface area contributed by atoms with Gasteiger partial charge in [0, 0.05) is 30.2 Å². The number of benzene rings is 2. The molecule has 1 N–H and O–H groups in total. The van der Waals surface area contributed by atoms with Crippen LogP contribution in [0.1, 0.15) is 18.7 Å². The highest BCUT2D eigenvalue weighted by Crippen LogP contribution is 2.31. The molecule has 190 valence electrons. The summed E-state index contributed by atoms with van der Waals surface area (Å²) < 4.78 is 7.12. The zero-order chi connectivity index (χ0) is 26.6. The molecule has 1 aliphatic rings. The van der Waals surface area contributed by atoms with Crippen LogP contribution in [0.4, 0.5) is 0 Å². The van der Waals surface area contributed by atoms with Gasteiger partial charge in [0.05, 0.1) is 30.3 Å². The van der Waals surface area contributed by atoms with Crippen molar-refractivity contribution < 1.29 is 4.74 Å². The lowest BCUT2D eigenvalue weighted by atomic mass is 9.98. The number of hydrogen-bond donors (Lipinski definition) is 1. The van der Waals surface area contributed by atoms with Crippen LogP contribution < -0.4 is 15.6 Å². The largest absolute Gasteiger partial charge is 0.495 e. The topological polar surface area (TPSA) is 93.2 Å². The number of ether oxygens (including phenoxy) is 1. The van der Waals surface area contributed by atoms with Crippen LogP contribution in [0.3, 0.4) is 0 Å². The number of fused-ring (bicyclic) bond motifs is 1. The Morgan fingerprint density at radius 3 is 2.68 bits per heavy atom. The lowest BCUT2D eigenvalue weighted by Crippen LogP contribution is -2.29. The second-order valence-corrected chi connectivity index (χ2v) is 9.36. The van der Waals surface area contributed by atoms with E-state index >= 15 is 0 Å². The van der Waals surface area contributed by atoms with Gasteiger partial charge in [0.1, 0.15) is 16.5 Å². The average molecular weight is 523 g/mol. The van der Waals surface area contributed by atoms with Gasteiger partial charge in [-0.3, -0.25) is 19.3 Å². The first kappa shape index (κ1) is 25.2. The van der Waals surface area contributed by atoms with Gasteiger partial charge in [0.2, 0.25) is 0 Å². The number of aromatic nitrogens is 2. The van der Waals surface area contributed by atoms with Gasteiger partial charge in [0.15, 0.2) is 5.82 Å². The molecule has 0 saturated heterocycles. The molecule has 0 spiro atoms. The van der Waals surface area contributed by atoms with Gasteiger partial charge in [-0.25, -0.2) is 9.98 Å². The van der Waals surface area contributed by atoms with E-state index in [4.69, 9.17) is 4.74 Å². The van der Waals surface area contributed by atoms with E-state index < -0.39 is 0 Å². The van der Waals surface area contributed by atoms with Crippen LogP contribution in [0.25, 0.3) is 27.6 Å². The molecule has 0 saturated carbocycles. The van der Waals surface area contributed by atoms with Gasteiger partial charge >= 0.3 is 0 Å². The predicted octanol–water partition coefficient (Wildman–Crippen LogP) is 5.39. The molecule has 0 aliphatic carbocycles. The summed E-state index contributed by atoms with van der Waals surface area (Å²) in [6, 6.07) is 19.0. The summed E-state index contributed by atoms with van der Waals surface area (Å²) in [6.07, 6.45) is 3.38. The molecule has 5 rings (SSSR count). The monoisotopic (exact) mass is 522 g/mol. The van der Waals surface area contributed by atoms with Gasteiger partial charge in [0.25, 0.3) is 5.56 Å². The van der Waals surface area contributed by atoms with Gasteiger partial charge in [-0.05, 0) is 48.9 Å². The maximum absolute atomic E-state index is 14.3. The maximum Gasteiger partial charge on any atom is 0.263 e. The van der Waals surface area contributed by atoms with Crippen LogP contribution in [-0.4, -0.2) is 41.0 Å². The van der Waals surface area contributed by atoms with Crippen molar-refractivity contribution in [3.63, 3.8) is 0 Å². The molecule has 38 heavy (non-hydrogen) atoms. The molecule has 3 heterocycles. The summed E-state index contributed by atoms with van der Waals surface area (Å²) in [5, 5.41) is 5.58. The van der Waals surface area contributed by atoms with E-state index in [9.17, 15) is 4.79 Å². The third kappa shape index (κ3) is 4.64. The van der Waals surface area contributed by atoms with Crippen molar-refractivity contribution in [2.75, 3.05) is 14.2 Å². The lowest BCUT2D eigenvalue weighted by molar-refractivity contribution is 0.413. The third-order valence-corrected chi connectivity index (χ3v) is 7.09. The molecule has 1 aliphatic heterocycles. The van der Waals surface area contributed by atoms with E-state index in [1.165, 1.54) is 11.8 Å². The molecule has 0 bridgehead atoms. The highest BCUT2D eigenvalue weighted by atomic mass is 32.2. The van der Waals surface area contributed by atoms with Crippen molar-refractivity contribution in [2.45, 2.75) is 13.0 Å². The van der Waals surface area contributed by atoms with Gasteiger partial charge < -0.3 is 10.1 Å². The van der Waals surface area contributed by atoms with Crippen LogP contribution in [0.5, 0.6) is 5.75 Å². The number of rotatable bonds is 7. The Morgan fingerprint density at radius 1 is 1.13 bits per heavy atom. The number of aliphatic imine (C=N–C) groups is 3. The number of para-hydroxylation sites is 1. The molecule has 0 fully saturated rings. The molecular formula is C29H26N6O2S. The van der Waals surface area contributed by atoms with Crippen LogP contribution in [0.15, 0.2) is 104 Å². The van der Waals surface area contributed by atoms with E-state index in [1.54, 1.807) is 36.7 Å². The summed E-state index contributed by atoms with van der Waals surface area (Å²) in [5.41, 5.74) is 5.32. The molecule has 0 unspecified atom stereocenters. The summed E-state index contributed by atoms with van der Waals surface area (Å²) in [7, 11) is 3.31. The van der Waals surface area contributed by atoms with Crippen LogP contribution in [-0.2, 0) is 0 Å². The first-order chi connectivity index (χ1) is 18.5. The Kier molecular flexibility index (Phi) is 7.19. The fourth-order valence-corrected chi connectivity index (χ4v) is 5.12. The molecule has 9 heteroatoms. The smallest absolute Gasteiger partial charge is 0.263 e. The van der Waals surface area contributed by atoms with Crippen LogP contribution >= 0.6 is 11.8 Å². The van der Waals surface area contributed by atoms with E-state index in [2.05, 4.69) is 32.0 Å². The first-order valence-corrected chi connectivity index (χ1v) is 12.8. The second kappa shape index (κ2) is 10.9. The van der Waals surface area contributed by atoms with Gasteiger partial charge in [-0.15, -0.1) is 0 Å². The number of nitrogens with one attached hydrogen (secondary N) is 1. The quantitative estimate of drug-likeness (QED) is 0.329. The molecule has 0 radical (unpaired) electrons. The molecule has 2 aromatic heterocycles. The fourth-order valence-electron chi connectivity index (χ4n) is 4.49. The lowest BCUT2D eigenvalue weighted by Gasteiger charge is -2.23. The van der Waals surface area contributed by atoms with E-state index in [1.807, 2.05) is 67.6 Å². The summed E-state index contributed by atoms with van der Waals surface area (Å²) in [5.74, 6) is 1.13. The molecule has 1 atom stereocenters. The van der Waals surface area contributed by atoms with Crippen molar-refractivity contribution in [2.24, 2.45) is 15.0 Å². The average Bonchev–Trinajstić information content (AvgIpc) is 3.44. The van der Waals surface area contributed by atoms with Crippen LogP contribution in [0, 0.1) is 0 Å². The zero-order valence-electron chi connectivity index (χ0n) is 21.3. The fraction of sp³-hybridized carbons (Fsp3) is 0.138. The Balaban J connectivity index is 1.73. The minimum atomic E-state index is -0.318. The predicted molar refractivity (Wildman–Crippen MR) is 157 cm³/mol. The Bertz CT molecular complexity index is 1670. The minimum absolute atomic E-state index is 0.137. The number of methoxy groups -OCH3 is 1. The molecular weight excluding hydrogens is 496 g/mol. The molecule has 8 nitrogen and oxygen atoms in total. The van der Waals surface area contributed by atoms with Crippen LogP contribution in [0.2, 0.25) is 0 Å². The number of hydrogen-bond acceptors (Lipinski definition) is 8. The van der Waals surface area contributed by atoms with Crippen molar-refractivity contribution >= 4 is 39.8 Å². The highest BCUT2D eigenvalue weighted by molar-refractivity contribution is 8.26. The normalized spacial score (nSPS) is 16.0. The molecule has 2 aromatic carbocycles. The molecule has 4 aromatic rings.